The monoisotopic (exact) mass is 183 g/mol. The van der Waals surface area contributed by atoms with E-state index in [4.69, 9.17) is 16.3 Å². The van der Waals surface area contributed by atoms with Crippen molar-refractivity contribution in [2.24, 2.45) is 17.5 Å². The van der Waals surface area contributed by atoms with Gasteiger partial charge in [-0.1, -0.05) is 0 Å². The van der Waals surface area contributed by atoms with Crippen LogP contribution in [0, 0.1) is 5.92 Å². The highest BCUT2D eigenvalue weighted by Gasteiger charge is 2.24. The van der Waals surface area contributed by atoms with Crippen LogP contribution >= 0.6 is 0 Å². The van der Waals surface area contributed by atoms with E-state index in [0.717, 1.165) is 18.9 Å². The molecule has 1 aliphatic carbocycles. The van der Waals surface area contributed by atoms with Gasteiger partial charge in [0.2, 0.25) is 0 Å². The van der Waals surface area contributed by atoms with Crippen molar-refractivity contribution in [3.05, 3.63) is 11.9 Å². The Morgan fingerprint density at radius 3 is 2.46 bits per heavy atom. The van der Waals surface area contributed by atoms with Gasteiger partial charge in [-0.2, -0.15) is 0 Å². The number of hydrogen-bond donors (Lipinski definition) is 2. The second kappa shape index (κ2) is 3.55. The van der Waals surface area contributed by atoms with Gasteiger partial charge in [0.1, 0.15) is 0 Å². The maximum Gasteiger partial charge on any atom is 0.0572 e. The Morgan fingerprint density at radius 1 is 1.38 bits per heavy atom. The molecular formula is C9H17N3O. The molecule has 0 unspecified atom stereocenters. The van der Waals surface area contributed by atoms with Gasteiger partial charge in [-0.3, -0.25) is 0 Å². The normalized spacial score (nSPS) is 25.2. The highest BCUT2D eigenvalue weighted by molar-refractivity contribution is 5.04. The Balaban J connectivity index is 1.85. The summed E-state index contributed by atoms with van der Waals surface area (Å²) in [4.78, 5) is 0. The fourth-order valence-electron chi connectivity index (χ4n) is 1.50. The summed E-state index contributed by atoms with van der Waals surface area (Å²) in [5.74, 6) is 6.23. The molecule has 13 heavy (non-hydrogen) atoms. The summed E-state index contributed by atoms with van der Waals surface area (Å²) in [6.45, 7) is 1.50. The van der Waals surface area contributed by atoms with E-state index in [9.17, 15) is 0 Å². The standard InChI is InChI=1S/C9H17N3O/c10-9(7-5-13-6-7)4-12(11)8-2-1-3-8/h4,7-8H,1-3,5-6,10-11H2/b9-4-. The van der Waals surface area contributed by atoms with Crippen molar-refractivity contribution in [1.29, 1.82) is 0 Å². The molecule has 4 nitrogen and oxygen atoms in total. The Labute approximate surface area is 78.5 Å². The molecule has 0 amide bonds. The van der Waals surface area contributed by atoms with Gasteiger partial charge in [-0.15, -0.1) is 0 Å². The fraction of sp³-hybridized carbons (Fsp3) is 0.778. The molecule has 0 aromatic rings. The first-order valence-corrected chi connectivity index (χ1v) is 4.85. The zero-order valence-corrected chi connectivity index (χ0v) is 7.78. The number of nitrogens with zero attached hydrogens (tertiary/aromatic N) is 1. The van der Waals surface area contributed by atoms with Crippen LogP contribution in [0.15, 0.2) is 11.9 Å². The third kappa shape index (κ3) is 1.78. The molecule has 2 aliphatic rings. The third-order valence-corrected chi connectivity index (χ3v) is 2.90. The predicted molar refractivity (Wildman–Crippen MR) is 50.2 cm³/mol. The fourth-order valence-corrected chi connectivity index (χ4v) is 1.50. The highest BCUT2D eigenvalue weighted by atomic mass is 16.5. The molecule has 0 aromatic heterocycles. The molecule has 74 valence electrons. The Morgan fingerprint density at radius 2 is 2.08 bits per heavy atom. The molecule has 1 aliphatic heterocycles. The third-order valence-electron chi connectivity index (χ3n) is 2.90. The molecule has 1 heterocycles. The zero-order valence-electron chi connectivity index (χ0n) is 7.78. The van der Waals surface area contributed by atoms with Crippen molar-refractivity contribution in [2.45, 2.75) is 25.3 Å². The van der Waals surface area contributed by atoms with Crippen molar-refractivity contribution in [3.8, 4) is 0 Å². The molecular weight excluding hydrogens is 166 g/mol. The Bertz CT molecular complexity index is 209. The van der Waals surface area contributed by atoms with E-state index < -0.39 is 0 Å². The van der Waals surface area contributed by atoms with Gasteiger partial charge in [0, 0.05) is 23.9 Å². The van der Waals surface area contributed by atoms with Crippen molar-refractivity contribution in [3.63, 3.8) is 0 Å². The molecule has 1 saturated heterocycles. The van der Waals surface area contributed by atoms with Crippen LogP contribution in [0.1, 0.15) is 19.3 Å². The molecule has 0 spiro atoms. The van der Waals surface area contributed by atoms with E-state index in [1.165, 1.54) is 19.3 Å². The largest absolute Gasteiger partial charge is 0.400 e. The summed E-state index contributed by atoms with van der Waals surface area (Å²) in [5.41, 5.74) is 6.72. The maximum atomic E-state index is 5.86. The maximum absolute atomic E-state index is 5.86. The van der Waals surface area contributed by atoms with Crippen LogP contribution in [0.25, 0.3) is 0 Å². The van der Waals surface area contributed by atoms with E-state index in [1.807, 2.05) is 6.20 Å². The second-order valence-corrected chi connectivity index (χ2v) is 3.90. The molecule has 2 rings (SSSR count). The summed E-state index contributed by atoms with van der Waals surface area (Å²) in [5, 5.41) is 1.76. The molecule has 0 radical (unpaired) electrons. The van der Waals surface area contributed by atoms with Crippen LogP contribution < -0.4 is 11.6 Å². The van der Waals surface area contributed by atoms with Gasteiger partial charge in [0.05, 0.1) is 13.2 Å². The Kier molecular flexibility index (Phi) is 2.42. The van der Waals surface area contributed by atoms with E-state index in [0.29, 0.717) is 12.0 Å². The van der Waals surface area contributed by atoms with Crippen LogP contribution in [0.2, 0.25) is 0 Å². The van der Waals surface area contributed by atoms with Gasteiger partial charge < -0.3 is 15.5 Å². The minimum Gasteiger partial charge on any atom is -0.400 e. The molecule has 4 N–H and O–H groups in total. The summed E-state index contributed by atoms with van der Waals surface area (Å²) >= 11 is 0. The lowest BCUT2D eigenvalue weighted by molar-refractivity contribution is -0.0150. The molecule has 0 bridgehead atoms. The van der Waals surface area contributed by atoms with Crippen LogP contribution in [0.5, 0.6) is 0 Å². The van der Waals surface area contributed by atoms with E-state index in [-0.39, 0.29) is 0 Å². The summed E-state index contributed by atoms with van der Waals surface area (Å²) in [6, 6.07) is 0.513. The molecule has 0 aromatic carbocycles. The molecule has 0 atom stereocenters. The van der Waals surface area contributed by atoms with Crippen LogP contribution in [-0.2, 0) is 4.74 Å². The average Bonchev–Trinajstić information content (AvgIpc) is 1.76. The number of hydrogen-bond acceptors (Lipinski definition) is 4. The summed E-state index contributed by atoms with van der Waals surface area (Å²) in [6.07, 6.45) is 5.55. The Hall–Kier alpha value is -0.740. The van der Waals surface area contributed by atoms with Crippen molar-refractivity contribution >= 4 is 0 Å². The van der Waals surface area contributed by atoms with Crippen molar-refractivity contribution in [1.82, 2.24) is 5.01 Å². The van der Waals surface area contributed by atoms with E-state index in [1.54, 1.807) is 5.01 Å². The van der Waals surface area contributed by atoms with Crippen molar-refractivity contribution in [2.75, 3.05) is 13.2 Å². The second-order valence-electron chi connectivity index (χ2n) is 3.90. The molecule has 1 saturated carbocycles. The minimum absolute atomic E-state index is 0.395. The smallest absolute Gasteiger partial charge is 0.0572 e. The first-order valence-electron chi connectivity index (χ1n) is 4.85. The van der Waals surface area contributed by atoms with E-state index >= 15 is 0 Å². The molecule has 2 fully saturated rings. The quantitative estimate of drug-likeness (QED) is 0.483. The first kappa shape index (κ1) is 8.84. The van der Waals surface area contributed by atoms with Gasteiger partial charge >= 0.3 is 0 Å². The predicted octanol–water partition coefficient (Wildman–Crippen LogP) is 0.161. The average molecular weight is 183 g/mol. The topological polar surface area (TPSA) is 64.5 Å². The van der Waals surface area contributed by atoms with Crippen LogP contribution in [-0.4, -0.2) is 24.3 Å². The number of rotatable bonds is 3. The first-order chi connectivity index (χ1) is 6.27. The minimum atomic E-state index is 0.395. The SMILES string of the molecule is N/C(=C\N(N)C1CCC1)C1COC1. The zero-order chi connectivity index (χ0) is 9.26. The van der Waals surface area contributed by atoms with Crippen LogP contribution in [0.4, 0.5) is 0 Å². The lowest BCUT2D eigenvalue weighted by atomic mass is 9.92. The van der Waals surface area contributed by atoms with Crippen LogP contribution in [0.3, 0.4) is 0 Å². The summed E-state index contributed by atoms with van der Waals surface area (Å²) in [7, 11) is 0. The number of nitrogens with two attached hydrogens (primary N) is 2. The number of hydrazine groups is 1. The molecule has 4 heteroatoms. The lowest BCUT2D eigenvalue weighted by Crippen LogP contribution is -2.43. The lowest BCUT2D eigenvalue weighted by Gasteiger charge is -2.35. The summed E-state index contributed by atoms with van der Waals surface area (Å²) < 4.78 is 5.06. The van der Waals surface area contributed by atoms with E-state index in [2.05, 4.69) is 0 Å². The highest BCUT2D eigenvalue weighted by Crippen LogP contribution is 2.24. The van der Waals surface area contributed by atoms with Gasteiger partial charge in [-0.05, 0) is 19.3 Å². The van der Waals surface area contributed by atoms with Gasteiger partial charge in [0.15, 0.2) is 0 Å². The van der Waals surface area contributed by atoms with Gasteiger partial charge in [-0.25, -0.2) is 5.84 Å². The number of ether oxygens (including phenoxy) is 1. The van der Waals surface area contributed by atoms with Crippen molar-refractivity contribution < 1.29 is 4.74 Å². The van der Waals surface area contributed by atoms with Gasteiger partial charge in [0.25, 0.3) is 0 Å².